The normalized spacial score (nSPS) is 15.1. The van der Waals surface area contributed by atoms with Crippen LogP contribution in [0.25, 0.3) is 0 Å². The van der Waals surface area contributed by atoms with Crippen molar-refractivity contribution in [3.8, 4) is 0 Å². The first kappa shape index (κ1) is 24.2. The lowest BCUT2D eigenvalue weighted by Gasteiger charge is -2.30. The summed E-state index contributed by atoms with van der Waals surface area (Å²) in [5, 5.41) is 7.85. The fourth-order valence-electron chi connectivity index (χ4n) is 3.59. The van der Waals surface area contributed by atoms with Gasteiger partial charge in [-0.05, 0) is 55.2 Å². The van der Waals surface area contributed by atoms with Crippen molar-refractivity contribution in [2.75, 3.05) is 37.4 Å². The summed E-state index contributed by atoms with van der Waals surface area (Å²) in [7, 11) is -4.48. The van der Waals surface area contributed by atoms with Gasteiger partial charge in [0.05, 0.1) is 16.2 Å². The number of hydrogen-bond donors (Lipinski definition) is 2. The van der Waals surface area contributed by atoms with Gasteiger partial charge in [0.1, 0.15) is 0 Å². The predicted molar refractivity (Wildman–Crippen MR) is 125 cm³/mol. The van der Waals surface area contributed by atoms with Crippen molar-refractivity contribution in [2.24, 2.45) is 5.14 Å². The molecule has 11 heteroatoms. The minimum absolute atomic E-state index is 0.0388. The number of carbonyl (C=O) groups excluding carboxylic acids is 1. The molecule has 3 rings (SSSR count). The summed E-state index contributed by atoms with van der Waals surface area (Å²) in [4.78, 5) is 15.3. The third-order valence-corrected chi connectivity index (χ3v) is 7.81. The second-order valence-corrected chi connectivity index (χ2v) is 11.7. The zero-order valence-corrected chi connectivity index (χ0v) is 19.7. The highest BCUT2D eigenvalue weighted by Gasteiger charge is 2.24. The number of piperidine rings is 1. The van der Waals surface area contributed by atoms with Gasteiger partial charge in [-0.3, -0.25) is 4.79 Å². The van der Waals surface area contributed by atoms with Crippen LogP contribution < -0.4 is 15.4 Å². The Morgan fingerprint density at radius 1 is 1.00 bits per heavy atom. The van der Waals surface area contributed by atoms with Gasteiger partial charge in [-0.2, -0.15) is 0 Å². The summed E-state index contributed by atoms with van der Waals surface area (Å²) in [6, 6.07) is 10.9. The van der Waals surface area contributed by atoms with Crippen LogP contribution in [-0.2, 0) is 25.8 Å². The number of nitrogens with one attached hydrogen (secondary N) is 1. The Morgan fingerprint density at radius 2 is 1.62 bits per heavy atom. The van der Waals surface area contributed by atoms with Crippen LogP contribution in [0.4, 0.5) is 11.4 Å². The van der Waals surface area contributed by atoms with E-state index in [4.69, 9.17) is 5.14 Å². The highest BCUT2D eigenvalue weighted by Crippen LogP contribution is 2.28. The Bertz CT molecular complexity index is 1190. The average molecular weight is 481 g/mol. The molecule has 0 radical (unpaired) electrons. The van der Waals surface area contributed by atoms with E-state index in [1.54, 1.807) is 30.3 Å². The van der Waals surface area contributed by atoms with Gasteiger partial charge in [-0.25, -0.2) is 26.3 Å². The topological polar surface area (TPSA) is 130 Å². The lowest BCUT2D eigenvalue weighted by molar-refractivity contribution is 0.102. The highest BCUT2D eigenvalue weighted by atomic mass is 32.2. The standard InChI is InChI=1S/C21H28N4O5S2/c1-24(2)32(29,30)18-10-11-20(25-12-4-3-5-13-25)19(14-18)21(26)23-17-8-6-16(7-9-17)15-31(22,27)28/h6-11,14H,3-5,12-13,15H2,1-2H3,(H,23,26)(H2,22,27,28). The van der Waals surface area contributed by atoms with Crippen LogP contribution in [-0.4, -0.2) is 54.2 Å². The molecular weight excluding hydrogens is 452 g/mol. The van der Waals surface area contributed by atoms with Crippen molar-refractivity contribution < 1.29 is 21.6 Å². The summed E-state index contributed by atoms with van der Waals surface area (Å²) in [5.74, 6) is -0.745. The summed E-state index contributed by atoms with van der Waals surface area (Å²) < 4.78 is 48.9. The molecule has 9 nitrogen and oxygen atoms in total. The van der Waals surface area contributed by atoms with Crippen molar-refractivity contribution in [1.29, 1.82) is 0 Å². The Kier molecular flexibility index (Phi) is 7.23. The first-order valence-electron chi connectivity index (χ1n) is 10.2. The van der Waals surface area contributed by atoms with Crippen molar-refractivity contribution in [2.45, 2.75) is 29.9 Å². The molecule has 0 spiro atoms. The lowest BCUT2D eigenvalue weighted by Crippen LogP contribution is -2.32. The van der Waals surface area contributed by atoms with E-state index in [-0.39, 0.29) is 16.2 Å². The van der Waals surface area contributed by atoms with Gasteiger partial charge in [0, 0.05) is 38.6 Å². The number of hydrogen-bond acceptors (Lipinski definition) is 6. The van der Waals surface area contributed by atoms with Crippen LogP contribution in [0.2, 0.25) is 0 Å². The van der Waals surface area contributed by atoms with E-state index in [9.17, 15) is 21.6 Å². The molecule has 0 aromatic heterocycles. The van der Waals surface area contributed by atoms with Crippen LogP contribution in [0.1, 0.15) is 35.2 Å². The lowest BCUT2D eigenvalue weighted by atomic mass is 10.1. The smallest absolute Gasteiger partial charge is 0.257 e. The second kappa shape index (κ2) is 9.57. The fraction of sp³-hybridized carbons (Fsp3) is 0.381. The van der Waals surface area contributed by atoms with Crippen molar-refractivity contribution in [3.63, 3.8) is 0 Å². The van der Waals surface area contributed by atoms with Gasteiger partial charge in [0.2, 0.25) is 20.0 Å². The Balaban J connectivity index is 1.93. The van der Waals surface area contributed by atoms with E-state index in [1.165, 1.54) is 26.2 Å². The first-order valence-corrected chi connectivity index (χ1v) is 13.4. The van der Waals surface area contributed by atoms with Gasteiger partial charge in [0.15, 0.2) is 0 Å². The van der Waals surface area contributed by atoms with Crippen LogP contribution in [0.3, 0.4) is 0 Å². The maximum absolute atomic E-state index is 13.2. The van der Waals surface area contributed by atoms with E-state index < -0.39 is 26.0 Å². The van der Waals surface area contributed by atoms with E-state index in [1.807, 2.05) is 0 Å². The van der Waals surface area contributed by atoms with Gasteiger partial charge in [-0.1, -0.05) is 12.1 Å². The van der Waals surface area contributed by atoms with Crippen LogP contribution >= 0.6 is 0 Å². The number of benzene rings is 2. The number of amides is 1. The third-order valence-electron chi connectivity index (χ3n) is 5.27. The maximum Gasteiger partial charge on any atom is 0.257 e. The molecule has 0 atom stereocenters. The first-order chi connectivity index (χ1) is 15.0. The number of sulfonamides is 2. The SMILES string of the molecule is CN(C)S(=O)(=O)c1ccc(N2CCCCC2)c(C(=O)Nc2ccc(CS(N)(=O)=O)cc2)c1. The molecule has 2 aromatic rings. The molecule has 3 N–H and O–H groups in total. The third kappa shape index (κ3) is 5.85. The van der Waals surface area contributed by atoms with Gasteiger partial charge < -0.3 is 10.2 Å². The largest absolute Gasteiger partial charge is 0.371 e. The molecule has 0 saturated carbocycles. The summed E-state index contributed by atoms with van der Waals surface area (Å²) in [6.07, 6.45) is 3.13. The predicted octanol–water partition coefficient (Wildman–Crippen LogP) is 1.97. The molecule has 1 aliphatic rings. The monoisotopic (exact) mass is 480 g/mol. The molecule has 174 valence electrons. The van der Waals surface area contributed by atoms with E-state index in [0.29, 0.717) is 16.9 Å². The molecule has 1 aliphatic heterocycles. The average Bonchev–Trinajstić information content (AvgIpc) is 2.74. The molecule has 1 heterocycles. The van der Waals surface area contributed by atoms with Crippen molar-refractivity contribution in [3.05, 3.63) is 53.6 Å². The molecule has 0 bridgehead atoms. The molecule has 0 aliphatic carbocycles. The number of primary sulfonamides is 1. The van der Waals surface area contributed by atoms with Gasteiger partial charge in [0.25, 0.3) is 5.91 Å². The number of nitrogens with two attached hydrogens (primary N) is 1. The van der Waals surface area contributed by atoms with Crippen LogP contribution in [0, 0.1) is 0 Å². The van der Waals surface area contributed by atoms with Crippen molar-refractivity contribution >= 4 is 37.3 Å². The highest BCUT2D eigenvalue weighted by molar-refractivity contribution is 7.89. The molecular formula is C21H28N4O5S2. The molecule has 2 aromatic carbocycles. The number of nitrogens with zero attached hydrogens (tertiary/aromatic N) is 2. The van der Waals surface area contributed by atoms with E-state index in [0.717, 1.165) is 36.7 Å². The minimum Gasteiger partial charge on any atom is -0.371 e. The van der Waals surface area contributed by atoms with E-state index >= 15 is 0 Å². The summed E-state index contributed by atoms with van der Waals surface area (Å²) in [5.41, 5.74) is 1.91. The maximum atomic E-state index is 13.2. The molecule has 1 amide bonds. The van der Waals surface area contributed by atoms with Crippen LogP contribution in [0.15, 0.2) is 47.4 Å². The number of carbonyl (C=O) groups is 1. The quantitative estimate of drug-likeness (QED) is 0.623. The Hall–Kier alpha value is -2.47. The van der Waals surface area contributed by atoms with E-state index in [2.05, 4.69) is 10.2 Å². The summed E-state index contributed by atoms with van der Waals surface area (Å²) >= 11 is 0. The Morgan fingerprint density at radius 3 is 2.19 bits per heavy atom. The second-order valence-electron chi connectivity index (χ2n) is 7.97. The Labute approximate surface area is 189 Å². The summed E-state index contributed by atoms with van der Waals surface area (Å²) in [6.45, 7) is 1.59. The van der Waals surface area contributed by atoms with Gasteiger partial charge >= 0.3 is 0 Å². The zero-order chi connectivity index (χ0) is 23.5. The van der Waals surface area contributed by atoms with Crippen LogP contribution in [0.5, 0.6) is 0 Å². The molecule has 1 saturated heterocycles. The minimum atomic E-state index is -3.71. The zero-order valence-electron chi connectivity index (χ0n) is 18.1. The van der Waals surface area contributed by atoms with Gasteiger partial charge in [-0.15, -0.1) is 0 Å². The number of anilines is 2. The molecule has 0 unspecified atom stereocenters. The number of rotatable bonds is 7. The molecule has 1 fully saturated rings. The molecule has 32 heavy (non-hydrogen) atoms. The fourth-order valence-corrected chi connectivity index (χ4v) is 5.18. The van der Waals surface area contributed by atoms with Crippen molar-refractivity contribution in [1.82, 2.24) is 4.31 Å².